The maximum Gasteiger partial charge on any atom is 0.387 e. The molecule has 1 aromatic carbocycles. The lowest BCUT2D eigenvalue weighted by molar-refractivity contribution is -0.118. The van der Waals surface area contributed by atoms with Gasteiger partial charge >= 0.3 is 5.25 Å². The number of carbonyl (C=O) groups is 1. The number of carbonyl (C=O) groups excluding carboxylic acids is 1. The van der Waals surface area contributed by atoms with Crippen LogP contribution in [0.3, 0.4) is 0 Å². The highest BCUT2D eigenvalue weighted by Crippen LogP contribution is 2.38. The van der Waals surface area contributed by atoms with Gasteiger partial charge in [0.05, 0.1) is 12.1 Å². The Labute approximate surface area is 122 Å². The Balaban J connectivity index is 3.45. The van der Waals surface area contributed by atoms with Crippen LogP contribution in [0.1, 0.15) is 12.5 Å². The summed E-state index contributed by atoms with van der Waals surface area (Å²) in [5.41, 5.74) is 2.88. The third-order valence-electron chi connectivity index (χ3n) is 2.70. The van der Waals surface area contributed by atoms with Crippen molar-refractivity contribution >= 4 is 15.9 Å². The molecule has 0 fully saturated rings. The van der Waals surface area contributed by atoms with Crippen molar-refractivity contribution in [2.45, 2.75) is 12.2 Å². The summed E-state index contributed by atoms with van der Waals surface area (Å²) in [4.78, 5) is 10.7. The minimum absolute atomic E-state index is 0.00996. The van der Waals surface area contributed by atoms with E-state index in [4.69, 9.17) is 5.73 Å². The third-order valence-corrected chi connectivity index (χ3v) is 4.63. The van der Waals surface area contributed by atoms with E-state index < -0.39 is 57.3 Å². The molecule has 1 rings (SSSR count). The Morgan fingerprint density at radius 1 is 1.23 bits per heavy atom. The highest BCUT2D eigenvalue weighted by atomic mass is 32.2. The number of benzene rings is 1. The van der Waals surface area contributed by atoms with Gasteiger partial charge in [-0.25, -0.2) is 21.6 Å². The van der Waals surface area contributed by atoms with Gasteiger partial charge in [0.1, 0.15) is 0 Å². The molecule has 0 aliphatic rings. The number of amides is 1. The zero-order valence-electron chi connectivity index (χ0n) is 11.1. The zero-order valence-corrected chi connectivity index (χ0v) is 11.9. The van der Waals surface area contributed by atoms with E-state index in [0.29, 0.717) is 0 Å². The first-order chi connectivity index (χ1) is 9.96. The summed E-state index contributed by atoms with van der Waals surface area (Å²) in [7, 11) is -5.58. The van der Waals surface area contributed by atoms with E-state index in [1.165, 1.54) is 0 Å². The maximum atomic E-state index is 14.1. The highest BCUT2D eigenvalue weighted by molar-refractivity contribution is 7.89. The number of likely N-dealkylation sites (N-methyl/N-ethyl adjacent to an activating group) is 1. The van der Waals surface area contributed by atoms with Crippen molar-refractivity contribution in [1.29, 1.82) is 0 Å². The molecule has 22 heavy (non-hydrogen) atoms. The number of rotatable bonds is 6. The summed E-state index contributed by atoms with van der Waals surface area (Å²) in [5, 5.41) is -4.92. The Morgan fingerprint density at radius 3 is 2.23 bits per heavy atom. The van der Waals surface area contributed by atoms with E-state index in [0.717, 1.165) is 6.92 Å². The molecule has 0 spiro atoms. The predicted molar refractivity (Wildman–Crippen MR) is 65.6 cm³/mol. The normalized spacial score (nSPS) is 12.7. The van der Waals surface area contributed by atoms with Crippen LogP contribution in [-0.4, -0.2) is 31.7 Å². The summed E-state index contributed by atoms with van der Waals surface area (Å²) < 4.78 is 91.1. The lowest BCUT2D eigenvalue weighted by Gasteiger charge is -2.25. The molecule has 124 valence electrons. The molecular formula is C11H11F5N2O3S. The first kappa shape index (κ1) is 18.3. The Bertz CT molecular complexity index is 693. The van der Waals surface area contributed by atoms with Crippen LogP contribution in [0.25, 0.3) is 0 Å². The van der Waals surface area contributed by atoms with Crippen molar-refractivity contribution in [3.63, 3.8) is 0 Å². The smallest absolute Gasteiger partial charge is 0.369 e. The molecular weight excluding hydrogens is 335 g/mol. The average molecular weight is 346 g/mol. The molecule has 11 heteroatoms. The second-order valence-corrected chi connectivity index (χ2v) is 6.12. The van der Waals surface area contributed by atoms with Gasteiger partial charge in [0.15, 0.2) is 17.5 Å². The standard InChI is InChI=1S/C11H11F5N2O3S/c1-2-18(5-8(17)19)22(20,21)11(15,16)6-3-4-7(12)10(14)9(6)13/h3-4H,2,5H2,1H3,(H2,17,19). The van der Waals surface area contributed by atoms with E-state index in [2.05, 4.69) is 0 Å². The summed E-state index contributed by atoms with van der Waals surface area (Å²) in [6.07, 6.45) is 0. The van der Waals surface area contributed by atoms with Crippen LogP contribution in [0.15, 0.2) is 12.1 Å². The molecule has 0 aliphatic heterocycles. The molecule has 0 aliphatic carbocycles. The van der Waals surface area contributed by atoms with Gasteiger partial charge in [-0.2, -0.15) is 13.1 Å². The van der Waals surface area contributed by atoms with Gasteiger partial charge in [-0.1, -0.05) is 6.92 Å². The van der Waals surface area contributed by atoms with Gasteiger partial charge in [0, 0.05) is 6.54 Å². The quantitative estimate of drug-likeness (QED) is 0.623. The Morgan fingerprint density at radius 2 is 1.77 bits per heavy atom. The average Bonchev–Trinajstić information content (AvgIpc) is 2.41. The minimum atomic E-state index is -5.58. The van der Waals surface area contributed by atoms with Gasteiger partial charge in [-0.05, 0) is 12.1 Å². The molecule has 0 atom stereocenters. The SMILES string of the molecule is CCN(CC(N)=O)S(=O)(=O)C(F)(F)c1ccc(F)c(F)c1F. The fraction of sp³-hybridized carbons (Fsp3) is 0.364. The molecule has 2 N–H and O–H groups in total. The van der Waals surface area contributed by atoms with E-state index in [9.17, 15) is 35.2 Å². The number of sulfonamides is 1. The lowest BCUT2D eigenvalue weighted by Crippen LogP contribution is -2.45. The topological polar surface area (TPSA) is 80.5 Å². The van der Waals surface area contributed by atoms with Crippen LogP contribution in [0, 0.1) is 17.5 Å². The van der Waals surface area contributed by atoms with E-state index in [-0.39, 0.29) is 16.4 Å². The first-order valence-corrected chi connectivity index (χ1v) is 7.20. The molecule has 0 bridgehead atoms. The Hall–Kier alpha value is -1.75. The van der Waals surface area contributed by atoms with Gasteiger partial charge in [0.2, 0.25) is 5.91 Å². The van der Waals surface area contributed by atoms with Crippen LogP contribution in [0.2, 0.25) is 0 Å². The molecule has 1 aromatic rings. The van der Waals surface area contributed by atoms with Crippen LogP contribution in [0.4, 0.5) is 22.0 Å². The van der Waals surface area contributed by atoms with Crippen molar-refractivity contribution in [3.05, 3.63) is 35.1 Å². The summed E-state index contributed by atoms with van der Waals surface area (Å²) in [6, 6.07) is 0.283. The number of nitrogens with zero attached hydrogens (tertiary/aromatic N) is 1. The summed E-state index contributed by atoms with van der Waals surface area (Å²) >= 11 is 0. The van der Waals surface area contributed by atoms with Crippen LogP contribution in [0.5, 0.6) is 0 Å². The van der Waals surface area contributed by atoms with Crippen LogP contribution >= 0.6 is 0 Å². The number of alkyl halides is 2. The maximum absolute atomic E-state index is 14.1. The van der Waals surface area contributed by atoms with Crippen molar-refractivity contribution in [2.75, 3.05) is 13.1 Å². The predicted octanol–water partition coefficient (Wildman–Crippen LogP) is 1.29. The molecule has 0 radical (unpaired) electrons. The molecule has 0 heterocycles. The van der Waals surface area contributed by atoms with E-state index >= 15 is 0 Å². The van der Waals surface area contributed by atoms with Gasteiger partial charge in [-0.15, -0.1) is 0 Å². The third kappa shape index (κ3) is 3.04. The van der Waals surface area contributed by atoms with E-state index in [1.807, 2.05) is 0 Å². The number of primary amides is 1. The van der Waals surface area contributed by atoms with Gasteiger partial charge < -0.3 is 5.73 Å². The Kier molecular flexibility index (Phi) is 5.13. The van der Waals surface area contributed by atoms with Crippen molar-refractivity contribution in [2.24, 2.45) is 5.73 Å². The molecule has 0 saturated carbocycles. The molecule has 0 aromatic heterocycles. The fourth-order valence-electron chi connectivity index (χ4n) is 1.59. The van der Waals surface area contributed by atoms with Crippen LogP contribution < -0.4 is 5.73 Å². The molecule has 5 nitrogen and oxygen atoms in total. The van der Waals surface area contributed by atoms with Crippen molar-refractivity contribution in [1.82, 2.24) is 4.31 Å². The largest absolute Gasteiger partial charge is 0.387 e. The number of halogens is 5. The van der Waals surface area contributed by atoms with Gasteiger partial charge in [0.25, 0.3) is 10.0 Å². The molecule has 0 unspecified atom stereocenters. The monoisotopic (exact) mass is 346 g/mol. The van der Waals surface area contributed by atoms with E-state index in [1.54, 1.807) is 0 Å². The summed E-state index contributed by atoms with van der Waals surface area (Å²) in [5.74, 6) is -7.53. The zero-order chi connectivity index (χ0) is 17.3. The van der Waals surface area contributed by atoms with Crippen LogP contribution in [-0.2, 0) is 20.1 Å². The minimum Gasteiger partial charge on any atom is -0.369 e. The molecule has 1 amide bonds. The number of hydrogen-bond donors (Lipinski definition) is 1. The second kappa shape index (κ2) is 6.16. The fourth-order valence-corrected chi connectivity index (χ4v) is 2.99. The first-order valence-electron chi connectivity index (χ1n) is 5.76. The van der Waals surface area contributed by atoms with Crippen molar-refractivity contribution in [3.8, 4) is 0 Å². The van der Waals surface area contributed by atoms with Crippen molar-refractivity contribution < 1.29 is 35.2 Å². The molecule has 0 saturated heterocycles. The highest BCUT2D eigenvalue weighted by Gasteiger charge is 2.52. The van der Waals surface area contributed by atoms with Gasteiger partial charge in [-0.3, -0.25) is 4.79 Å². The summed E-state index contributed by atoms with van der Waals surface area (Å²) in [6.45, 7) is -0.496. The second-order valence-electron chi connectivity index (χ2n) is 4.14. The number of hydrogen-bond acceptors (Lipinski definition) is 3. The number of nitrogens with two attached hydrogens (primary N) is 1. The lowest BCUT2D eigenvalue weighted by atomic mass is 10.2.